The Balaban J connectivity index is 3.05. The second kappa shape index (κ2) is 4.36. The first-order chi connectivity index (χ1) is 3.63. The fourth-order valence-corrected chi connectivity index (χ4v) is 0.757. The average molecular weight is 224 g/mol. The second-order valence-corrected chi connectivity index (χ2v) is 3.98. The van der Waals surface area contributed by atoms with Crippen LogP contribution in [0, 0.1) is 5.92 Å². The van der Waals surface area contributed by atoms with Crippen LogP contribution in [0.4, 0.5) is 0 Å². The van der Waals surface area contributed by atoms with Gasteiger partial charge in [-0.05, 0) is 44.9 Å². The normalized spacial score (nSPS) is 10.0. The van der Waals surface area contributed by atoms with Crippen LogP contribution in [-0.2, 0) is 0 Å². The number of hydrogen-bond donors (Lipinski definition) is 0. The van der Waals surface area contributed by atoms with Crippen LogP contribution in [-0.4, -0.2) is 0 Å². The Bertz CT molecular complexity index is 74.5. The zero-order valence-electron chi connectivity index (χ0n) is 5.58. The molecule has 1 heteroatoms. The highest BCUT2D eigenvalue weighted by Gasteiger charge is 1.92. The number of halogens is 1. The molecular formula is C7H13I. The maximum Gasteiger partial charge on any atom is -0.0166 e. The standard InChI is InChI=1S/C7H13I/c1-6(2)4-5-7(3)8/h6H,3-5H2,1-2H3. The molecule has 0 fully saturated rings. The van der Waals surface area contributed by atoms with Crippen molar-refractivity contribution in [1.29, 1.82) is 0 Å². The topological polar surface area (TPSA) is 0 Å². The van der Waals surface area contributed by atoms with Crippen LogP contribution in [0.1, 0.15) is 26.7 Å². The van der Waals surface area contributed by atoms with E-state index in [1.165, 1.54) is 16.4 Å². The van der Waals surface area contributed by atoms with Gasteiger partial charge in [0.2, 0.25) is 0 Å². The summed E-state index contributed by atoms with van der Waals surface area (Å²) >= 11 is 2.28. The van der Waals surface area contributed by atoms with Gasteiger partial charge >= 0.3 is 0 Å². The lowest BCUT2D eigenvalue weighted by Gasteiger charge is -2.00. The van der Waals surface area contributed by atoms with Gasteiger partial charge < -0.3 is 0 Å². The Morgan fingerprint density at radius 3 is 2.25 bits per heavy atom. The van der Waals surface area contributed by atoms with Gasteiger partial charge in [0.15, 0.2) is 0 Å². The van der Waals surface area contributed by atoms with E-state index in [0.29, 0.717) is 0 Å². The highest BCUT2D eigenvalue weighted by Crippen LogP contribution is 2.14. The quantitative estimate of drug-likeness (QED) is 0.644. The summed E-state index contributed by atoms with van der Waals surface area (Å²) in [5.41, 5.74) is 0. The van der Waals surface area contributed by atoms with Crippen molar-refractivity contribution < 1.29 is 0 Å². The lowest BCUT2D eigenvalue weighted by molar-refractivity contribution is 0.593. The van der Waals surface area contributed by atoms with Crippen LogP contribution in [0.2, 0.25) is 0 Å². The number of rotatable bonds is 3. The van der Waals surface area contributed by atoms with Crippen molar-refractivity contribution in [1.82, 2.24) is 0 Å². The van der Waals surface area contributed by atoms with Gasteiger partial charge in [-0.15, -0.1) is 0 Å². The Hall–Kier alpha value is 0.470. The third-order valence-electron chi connectivity index (χ3n) is 0.993. The number of allylic oxidation sites excluding steroid dienone is 1. The smallest absolute Gasteiger partial charge is 0.0166 e. The molecular weight excluding hydrogens is 211 g/mol. The molecule has 8 heavy (non-hydrogen) atoms. The van der Waals surface area contributed by atoms with Crippen LogP contribution in [0.3, 0.4) is 0 Å². The fourth-order valence-electron chi connectivity index (χ4n) is 0.445. The summed E-state index contributed by atoms with van der Waals surface area (Å²) in [6.07, 6.45) is 2.46. The molecule has 0 unspecified atom stereocenters. The van der Waals surface area contributed by atoms with Gasteiger partial charge in [-0.3, -0.25) is 0 Å². The van der Waals surface area contributed by atoms with Crippen LogP contribution in [0.25, 0.3) is 0 Å². The summed E-state index contributed by atoms with van der Waals surface area (Å²) in [6.45, 7) is 8.29. The fraction of sp³-hybridized carbons (Fsp3) is 0.714. The second-order valence-electron chi connectivity index (χ2n) is 2.45. The van der Waals surface area contributed by atoms with Gasteiger partial charge in [0.05, 0.1) is 0 Å². The van der Waals surface area contributed by atoms with Gasteiger partial charge in [-0.1, -0.05) is 20.4 Å². The predicted octanol–water partition coefficient (Wildman–Crippen LogP) is 3.37. The summed E-state index contributed by atoms with van der Waals surface area (Å²) in [6, 6.07) is 0. The van der Waals surface area contributed by atoms with Crippen molar-refractivity contribution in [3.05, 3.63) is 10.2 Å². The zero-order valence-corrected chi connectivity index (χ0v) is 7.73. The van der Waals surface area contributed by atoms with Crippen LogP contribution >= 0.6 is 22.6 Å². The van der Waals surface area contributed by atoms with Crippen LogP contribution in [0.15, 0.2) is 10.2 Å². The van der Waals surface area contributed by atoms with Crippen LogP contribution in [0.5, 0.6) is 0 Å². The molecule has 0 spiro atoms. The van der Waals surface area contributed by atoms with Crippen molar-refractivity contribution in [3.8, 4) is 0 Å². The van der Waals surface area contributed by atoms with Crippen molar-refractivity contribution in [2.24, 2.45) is 5.92 Å². The van der Waals surface area contributed by atoms with E-state index < -0.39 is 0 Å². The summed E-state index contributed by atoms with van der Waals surface area (Å²) in [4.78, 5) is 0. The van der Waals surface area contributed by atoms with E-state index in [9.17, 15) is 0 Å². The molecule has 0 saturated carbocycles. The molecule has 0 aromatic rings. The summed E-state index contributed by atoms with van der Waals surface area (Å²) < 4.78 is 1.27. The first-order valence-electron chi connectivity index (χ1n) is 2.96. The maximum atomic E-state index is 3.81. The summed E-state index contributed by atoms with van der Waals surface area (Å²) in [5.74, 6) is 0.821. The largest absolute Gasteiger partial charge is 0.0897 e. The lowest BCUT2D eigenvalue weighted by atomic mass is 10.1. The van der Waals surface area contributed by atoms with E-state index in [4.69, 9.17) is 0 Å². The average Bonchev–Trinajstić information content (AvgIpc) is 1.61. The Labute approximate surface area is 65.5 Å². The predicted molar refractivity (Wildman–Crippen MR) is 47.2 cm³/mol. The molecule has 0 saturated heterocycles. The molecule has 48 valence electrons. The molecule has 0 radical (unpaired) electrons. The van der Waals surface area contributed by atoms with E-state index in [1.807, 2.05) is 0 Å². The van der Waals surface area contributed by atoms with Crippen molar-refractivity contribution in [3.63, 3.8) is 0 Å². The Morgan fingerprint density at radius 1 is 1.62 bits per heavy atom. The molecule has 0 aliphatic rings. The molecule has 0 rings (SSSR count). The monoisotopic (exact) mass is 224 g/mol. The zero-order chi connectivity index (χ0) is 6.57. The van der Waals surface area contributed by atoms with E-state index in [2.05, 4.69) is 43.0 Å². The molecule has 0 aromatic carbocycles. The van der Waals surface area contributed by atoms with Gasteiger partial charge in [0.1, 0.15) is 0 Å². The van der Waals surface area contributed by atoms with E-state index >= 15 is 0 Å². The van der Waals surface area contributed by atoms with Crippen molar-refractivity contribution in [2.75, 3.05) is 0 Å². The number of hydrogen-bond acceptors (Lipinski definition) is 0. The first kappa shape index (κ1) is 8.47. The first-order valence-corrected chi connectivity index (χ1v) is 4.04. The van der Waals surface area contributed by atoms with E-state index in [1.54, 1.807) is 0 Å². The molecule has 0 aromatic heterocycles. The van der Waals surface area contributed by atoms with Gasteiger partial charge in [0.25, 0.3) is 0 Å². The Kier molecular flexibility index (Phi) is 4.61. The maximum absolute atomic E-state index is 3.81. The third kappa shape index (κ3) is 6.47. The summed E-state index contributed by atoms with van der Waals surface area (Å²) in [5, 5.41) is 0. The van der Waals surface area contributed by atoms with Crippen LogP contribution < -0.4 is 0 Å². The molecule has 0 nitrogen and oxygen atoms in total. The highest BCUT2D eigenvalue weighted by atomic mass is 127. The molecule has 0 N–H and O–H groups in total. The lowest BCUT2D eigenvalue weighted by Crippen LogP contribution is -1.84. The van der Waals surface area contributed by atoms with Gasteiger partial charge in [0, 0.05) is 0 Å². The molecule has 0 heterocycles. The SMILES string of the molecule is C=C(I)CCC(C)C. The molecule has 0 bridgehead atoms. The van der Waals surface area contributed by atoms with Gasteiger partial charge in [-0.25, -0.2) is 0 Å². The van der Waals surface area contributed by atoms with Gasteiger partial charge in [-0.2, -0.15) is 0 Å². The minimum Gasteiger partial charge on any atom is -0.0897 e. The molecule has 0 atom stereocenters. The minimum atomic E-state index is 0.821. The molecule has 0 aliphatic heterocycles. The molecule has 0 aliphatic carbocycles. The minimum absolute atomic E-state index is 0.821. The van der Waals surface area contributed by atoms with Crippen molar-refractivity contribution in [2.45, 2.75) is 26.7 Å². The highest BCUT2D eigenvalue weighted by molar-refractivity contribution is 14.1. The van der Waals surface area contributed by atoms with E-state index in [0.717, 1.165) is 5.92 Å². The summed E-state index contributed by atoms with van der Waals surface area (Å²) in [7, 11) is 0. The Morgan fingerprint density at radius 2 is 2.12 bits per heavy atom. The molecule has 0 amide bonds. The third-order valence-corrected chi connectivity index (χ3v) is 1.53. The van der Waals surface area contributed by atoms with Crippen molar-refractivity contribution >= 4 is 22.6 Å². The van der Waals surface area contributed by atoms with E-state index in [-0.39, 0.29) is 0 Å².